The third-order valence-electron chi connectivity index (χ3n) is 2.19. The summed E-state index contributed by atoms with van der Waals surface area (Å²) in [7, 11) is 2.05. The van der Waals surface area contributed by atoms with Crippen molar-refractivity contribution >= 4 is 5.82 Å². The van der Waals surface area contributed by atoms with Crippen LogP contribution in [0.1, 0.15) is 5.69 Å². The lowest BCUT2D eigenvalue weighted by Gasteiger charge is -2.29. The number of hydrogen-bond donors (Lipinski definition) is 1. The first kappa shape index (κ1) is 7.61. The van der Waals surface area contributed by atoms with Crippen molar-refractivity contribution in [1.82, 2.24) is 9.78 Å². The summed E-state index contributed by atoms with van der Waals surface area (Å²) < 4.78 is 1.98. The summed E-state index contributed by atoms with van der Waals surface area (Å²) in [5.41, 5.74) is 6.91. The lowest BCUT2D eigenvalue weighted by molar-refractivity contribution is 0.470. The van der Waals surface area contributed by atoms with Gasteiger partial charge < -0.3 is 10.6 Å². The topological polar surface area (TPSA) is 47.1 Å². The van der Waals surface area contributed by atoms with Gasteiger partial charge in [0.25, 0.3) is 0 Å². The fraction of sp³-hybridized carbons (Fsp3) is 0.625. The lowest BCUT2D eigenvalue weighted by atomic mass is 10.2. The molecule has 1 aliphatic heterocycles. The molecular formula is C8H14N4. The molecule has 0 bridgehead atoms. The Morgan fingerprint density at radius 3 is 3.08 bits per heavy atom. The number of fused-ring (bicyclic) bond motifs is 1. The highest BCUT2D eigenvalue weighted by molar-refractivity contribution is 5.41. The second-order valence-electron chi connectivity index (χ2n) is 3.47. The fourth-order valence-corrected chi connectivity index (χ4v) is 1.70. The molecular weight excluding hydrogens is 152 g/mol. The van der Waals surface area contributed by atoms with Gasteiger partial charge in [-0.05, 0) is 6.92 Å². The minimum Gasteiger partial charge on any atom is -0.358 e. The van der Waals surface area contributed by atoms with Crippen LogP contribution in [0.3, 0.4) is 0 Å². The second kappa shape index (κ2) is 2.48. The SMILES string of the molecule is Cc1cc2n(n1)CC(N)CN2C. The number of hydrogen-bond acceptors (Lipinski definition) is 3. The van der Waals surface area contributed by atoms with Gasteiger partial charge in [0.05, 0.1) is 12.2 Å². The van der Waals surface area contributed by atoms with Gasteiger partial charge in [-0.3, -0.25) is 0 Å². The van der Waals surface area contributed by atoms with Crippen molar-refractivity contribution in [2.24, 2.45) is 5.73 Å². The molecule has 2 N–H and O–H groups in total. The van der Waals surface area contributed by atoms with Crippen LogP contribution in [0.2, 0.25) is 0 Å². The zero-order chi connectivity index (χ0) is 8.72. The molecule has 0 spiro atoms. The van der Waals surface area contributed by atoms with E-state index >= 15 is 0 Å². The Kier molecular flexibility index (Phi) is 1.58. The normalized spacial score (nSPS) is 22.6. The zero-order valence-electron chi connectivity index (χ0n) is 7.49. The molecule has 2 heterocycles. The molecule has 0 radical (unpaired) electrons. The Balaban J connectivity index is 2.40. The van der Waals surface area contributed by atoms with Crippen LogP contribution < -0.4 is 10.6 Å². The fourth-order valence-electron chi connectivity index (χ4n) is 1.70. The van der Waals surface area contributed by atoms with Crippen LogP contribution in [-0.2, 0) is 6.54 Å². The van der Waals surface area contributed by atoms with E-state index in [-0.39, 0.29) is 6.04 Å². The Morgan fingerprint density at radius 1 is 1.58 bits per heavy atom. The van der Waals surface area contributed by atoms with E-state index in [0.29, 0.717) is 0 Å². The molecule has 0 saturated heterocycles. The molecule has 1 aliphatic rings. The van der Waals surface area contributed by atoms with E-state index in [0.717, 1.165) is 18.8 Å². The van der Waals surface area contributed by atoms with E-state index < -0.39 is 0 Å². The molecule has 0 aliphatic carbocycles. The van der Waals surface area contributed by atoms with Gasteiger partial charge in [0.1, 0.15) is 5.82 Å². The van der Waals surface area contributed by atoms with Crippen LogP contribution >= 0.6 is 0 Å². The van der Waals surface area contributed by atoms with Gasteiger partial charge in [-0.1, -0.05) is 0 Å². The standard InChI is InChI=1S/C8H14N4/c1-6-3-8-11(2)4-7(9)5-12(8)10-6/h3,7H,4-5,9H2,1-2H3. The van der Waals surface area contributed by atoms with Crippen molar-refractivity contribution in [2.75, 3.05) is 18.5 Å². The van der Waals surface area contributed by atoms with E-state index in [4.69, 9.17) is 5.73 Å². The summed E-state index contributed by atoms with van der Waals surface area (Å²) >= 11 is 0. The number of aromatic nitrogens is 2. The molecule has 1 aromatic rings. The van der Waals surface area contributed by atoms with Gasteiger partial charge in [0.2, 0.25) is 0 Å². The smallest absolute Gasteiger partial charge is 0.126 e. The van der Waals surface area contributed by atoms with E-state index in [9.17, 15) is 0 Å². The van der Waals surface area contributed by atoms with Crippen molar-refractivity contribution in [1.29, 1.82) is 0 Å². The zero-order valence-corrected chi connectivity index (χ0v) is 7.49. The van der Waals surface area contributed by atoms with Crippen LogP contribution in [0, 0.1) is 6.92 Å². The molecule has 2 rings (SSSR count). The maximum absolute atomic E-state index is 5.85. The Labute approximate surface area is 72.0 Å². The first-order valence-corrected chi connectivity index (χ1v) is 4.18. The Hall–Kier alpha value is -1.03. The summed E-state index contributed by atoms with van der Waals surface area (Å²) in [6.45, 7) is 3.77. The number of aryl methyl sites for hydroxylation is 1. The van der Waals surface area contributed by atoms with Crippen molar-refractivity contribution in [3.05, 3.63) is 11.8 Å². The Morgan fingerprint density at radius 2 is 2.33 bits per heavy atom. The molecule has 0 aromatic carbocycles. The van der Waals surface area contributed by atoms with Crippen LogP contribution in [0.5, 0.6) is 0 Å². The van der Waals surface area contributed by atoms with Gasteiger partial charge in [0, 0.05) is 25.7 Å². The number of rotatable bonds is 0. The molecule has 66 valence electrons. The molecule has 4 heteroatoms. The van der Waals surface area contributed by atoms with E-state index in [1.807, 2.05) is 18.7 Å². The van der Waals surface area contributed by atoms with Crippen molar-refractivity contribution in [3.63, 3.8) is 0 Å². The molecule has 12 heavy (non-hydrogen) atoms. The quantitative estimate of drug-likeness (QED) is 0.588. The minimum absolute atomic E-state index is 0.210. The van der Waals surface area contributed by atoms with E-state index in [1.54, 1.807) is 0 Å². The predicted molar refractivity (Wildman–Crippen MR) is 48.2 cm³/mol. The summed E-state index contributed by atoms with van der Waals surface area (Å²) in [5.74, 6) is 1.18. The highest BCUT2D eigenvalue weighted by atomic mass is 15.4. The summed E-state index contributed by atoms with van der Waals surface area (Å²) in [4.78, 5) is 2.15. The number of nitrogens with zero attached hydrogens (tertiary/aromatic N) is 3. The maximum Gasteiger partial charge on any atom is 0.126 e. The summed E-state index contributed by atoms with van der Waals surface area (Å²) in [6.07, 6.45) is 0. The molecule has 0 saturated carbocycles. The van der Waals surface area contributed by atoms with E-state index in [1.165, 1.54) is 5.82 Å². The van der Waals surface area contributed by atoms with Gasteiger partial charge >= 0.3 is 0 Å². The average molecular weight is 166 g/mol. The lowest BCUT2D eigenvalue weighted by Crippen LogP contribution is -2.44. The number of likely N-dealkylation sites (N-methyl/N-ethyl adjacent to an activating group) is 1. The monoisotopic (exact) mass is 166 g/mol. The van der Waals surface area contributed by atoms with Gasteiger partial charge in [-0.25, -0.2) is 4.68 Å². The van der Waals surface area contributed by atoms with Crippen LogP contribution in [-0.4, -0.2) is 29.4 Å². The highest BCUT2D eigenvalue weighted by Crippen LogP contribution is 2.18. The third kappa shape index (κ3) is 1.08. The molecule has 1 atom stereocenters. The van der Waals surface area contributed by atoms with E-state index in [2.05, 4.69) is 16.1 Å². The maximum atomic E-state index is 5.85. The van der Waals surface area contributed by atoms with Crippen LogP contribution in [0.4, 0.5) is 5.82 Å². The Bertz CT molecular complexity index is 291. The first-order valence-electron chi connectivity index (χ1n) is 4.18. The minimum atomic E-state index is 0.210. The summed E-state index contributed by atoms with van der Waals surface area (Å²) in [5, 5.41) is 4.35. The second-order valence-corrected chi connectivity index (χ2v) is 3.47. The van der Waals surface area contributed by atoms with Crippen LogP contribution in [0.15, 0.2) is 6.07 Å². The number of anilines is 1. The van der Waals surface area contributed by atoms with Crippen molar-refractivity contribution in [3.8, 4) is 0 Å². The molecule has 0 fully saturated rings. The largest absolute Gasteiger partial charge is 0.358 e. The molecule has 0 amide bonds. The summed E-state index contributed by atoms with van der Waals surface area (Å²) in [6, 6.07) is 2.30. The highest BCUT2D eigenvalue weighted by Gasteiger charge is 2.19. The van der Waals surface area contributed by atoms with Crippen molar-refractivity contribution < 1.29 is 0 Å². The van der Waals surface area contributed by atoms with Gasteiger partial charge in [-0.15, -0.1) is 0 Å². The molecule has 1 unspecified atom stereocenters. The van der Waals surface area contributed by atoms with Crippen molar-refractivity contribution in [2.45, 2.75) is 19.5 Å². The molecule has 1 aromatic heterocycles. The first-order chi connectivity index (χ1) is 5.66. The predicted octanol–water partition coefficient (Wildman–Crippen LogP) is -0.0314. The molecule has 4 nitrogen and oxygen atoms in total. The van der Waals surface area contributed by atoms with Crippen LogP contribution in [0.25, 0.3) is 0 Å². The van der Waals surface area contributed by atoms with Gasteiger partial charge in [-0.2, -0.15) is 5.10 Å². The third-order valence-corrected chi connectivity index (χ3v) is 2.19. The average Bonchev–Trinajstić information content (AvgIpc) is 2.29. The number of nitrogens with two attached hydrogens (primary N) is 1. The van der Waals surface area contributed by atoms with Gasteiger partial charge in [0.15, 0.2) is 0 Å².